The normalized spacial score (nSPS) is 11.6. The number of hydrogen-bond donors (Lipinski definition) is 2. The summed E-state index contributed by atoms with van der Waals surface area (Å²) in [5.74, 6) is -2.20. The third-order valence-electron chi connectivity index (χ3n) is 1.73. The average Bonchev–Trinajstić information content (AvgIpc) is 2.19. The number of benzene rings is 1. The minimum absolute atomic E-state index is 0.279. The summed E-state index contributed by atoms with van der Waals surface area (Å²) in [6.07, 6.45) is 0. The van der Waals surface area contributed by atoms with E-state index < -0.39 is 5.97 Å². The van der Waals surface area contributed by atoms with Gasteiger partial charge in [0.25, 0.3) is 0 Å². The van der Waals surface area contributed by atoms with Gasteiger partial charge in [-0.3, -0.25) is 0 Å². The minimum atomic E-state index is -2.20. The quantitative estimate of drug-likeness (QED) is 0.676. The van der Waals surface area contributed by atoms with Crippen LogP contribution >= 0.6 is 0 Å². The number of rotatable bonds is 5. The smallest absolute Gasteiger partial charge is 0.302 e. The van der Waals surface area contributed by atoms with Crippen LogP contribution in [0, 0.1) is 0 Å². The second-order valence-electron chi connectivity index (χ2n) is 2.93. The zero-order chi connectivity index (χ0) is 10.4. The Balaban J connectivity index is 2.29. The highest BCUT2D eigenvalue weighted by atomic mass is 16.8. The molecule has 1 aromatic carbocycles. The van der Waals surface area contributed by atoms with Crippen molar-refractivity contribution in [2.45, 2.75) is 12.6 Å². The minimum Gasteiger partial charge on any atom is -0.368 e. The van der Waals surface area contributed by atoms with Gasteiger partial charge in [0.2, 0.25) is 0 Å². The second-order valence-corrected chi connectivity index (χ2v) is 2.93. The maximum Gasteiger partial charge on any atom is 0.302 e. The summed E-state index contributed by atoms with van der Waals surface area (Å²) < 4.78 is 9.41. The molecule has 0 spiro atoms. The Morgan fingerprint density at radius 2 is 1.86 bits per heavy atom. The summed E-state index contributed by atoms with van der Waals surface area (Å²) in [5, 5.41) is 18.0. The van der Waals surface area contributed by atoms with Crippen LogP contribution < -0.4 is 0 Å². The van der Waals surface area contributed by atoms with Crippen molar-refractivity contribution in [2.24, 2.45) is 0 Å². The van der Waals surface area contributed by atoms with Gasteiger partial charge in [0, 0.05) is 7.11 Å². The lowest BCUT2D eigenvalue weighted by Gasteiger charge is -2.18. The predicted octanol–water partition coefficient (Wildman–Crippen LogP) is 0.488. The van der Waals surface area contributed by atoms with Crippen LogP contribution in [-0.2, 0) is 16.1 Å². The van der Waals surface area contributed by atoms with Gasteiger partial charge in [-0.15, -0.1) is 0 Å². The highest BCUT2D eigenvalue weighted by Crippen LogP contribution is 2.04. The molecular weight excluding hydrogens is 184 g/mol. The fourth-order valence-corrected chi connectivity index (χ4v) is 0.935. The third-order valence-corrected chi connectivity index (χ3v) is 1.73. The van der Waals surface area contributed by atoms with Crippen LogP contribution in [0.25, 0.3) is 0 Å². The van der Waals surface area contributed by atoms with Gasteiger partial charge >= 0.3 is 5.97 Å². The second kappa shape index (κ2) is 5.07. The van der Waals surface area contributed by atoms with Gasteiger partial charge in [-0.05, 0) is 5.56 Å². The van der Waals surface area contributed by atoms with Crippen molar-refractivity contribution in [3.8, 4) is 0 Å². The summed E-state index contributed by atoms with van der Waals surface area (Å²) in [6.45, 7) is 0.0471. The third kappa shape index (κ3) is 3.85. The Labute approximate surface area is 82.7 Å². The van der Waals surface area contributed by atoms with Crippen LogP contribution in [0.4, 0.5) is 0 Å². The first kappa shape index (κ1) is 11.1. The van der Waals surface area contributed by atoms with Crippen molar-refractivity contribution in [3.63, 3.8) is 0 Å². The van der Waals surface area contributed by atoms with Crippen LogP contribution in [0.5, 0.6) is 0 Å². The predicted molar refractivity (Wildman–Crippen MR) is 50.3 cm³/mol. The Morgan fingerprint density at radius 1 is 1.21 bits per heavy atom. The van der Waals surface area contributed by atoms with E-state index in [1.807, 2.05) is 30.3 Å². The number of ether oxygens (including phenoxy) is 2. The molecule has 0 saturated heterocycles. The van der Waals surface area contributed by atoms with Crippen LogP contribution in [0.1, 0.15) is 5.56 Å². The monoisotopic (exact) mass is 198 g/mol. The molecule has 78 valence electrons. The van der Waals surface area contributed by atoms with Gasteiger partial charge in [0.05, 0.1) is 6.61 Å². The first-order valence-electron chi connectivity index (χ1n) is 4.25. The topological polar surface area (TPSA) is 58.9 Å². The SMILES string of the molecule is COC(O)(O)COCc1ccccc1. The highest BCUT2D eigenvalue weighted by molar-refractivity contribution is 5.13. The fourth-order valence-electron chi connectivity index (χ4n) is 0.935. The van der Waals surface area contributed by atoms with Crippen LogP contribution in [-0.4, -0.2) is 29.9 Å². The standard InChI is InChI=1S/C10H14O4/c1-13-10(11,12)8-14-7-9-5-3-2-4-6-9/h2-6,11-12H,7-8H2,1H3. The van der Waals surface area contributed by atoms with Gasteiger partial charge in [-0.1, -0.05) is 30.3 Å². The summed E-state index contributed by atoms with van der Waals surface area (Å²) in [5.41, 5.74) is 0.972. The maximum atomic E-state index is 9.01. The van der Waals surface area contributed by atoms with Crippen molar-refractivity contribution >= 4 is 0 Å². The molecule has 0 aliphatic heterocycles. The van der Waals surface area contributed by atoms with Gasteiger partial charge in [-0.2, -0.15) is 0 Å². The summed E-state index contributed by atoms with van der Waals surface area (Å²) >= 11 is 0. The van der Waals surface area contributed by atoms with E-state index in [9.17, 15) is 0 Å². The lowest BCUT2D eigenvalue weighted by atomic mass is 10.2. The van der Waals surface area contributed by atoms with Crippen molar-refractivity contribution in [1.29, 1.82) is 0 Å². The molecule has 1 aromatic rings. The molecule has 0 aromatic heterocycles. The largest absolute Gasteiger partial charge is 0.368 e. The molecule has 0 aliphatic rings. The van der Waals surface area contributed by atoms with Gasteiger partial charge < -0.3 is 19.7 Å². The van der Waals surface area contributed by atoms with E-state index in [1.165, 1.54) is 7.11 Å². The van der Waals surface area contributed by atoms with Gasteiger partial charge in [-0.25, -0.2) is 0 Å². The summed E-state index contributed by atoms with van der Waals surface area (Å²) in [7, 11) is 1.20. The van der Waals surface area contributed by atoms with Crippen molar-refractivity contribution < 1.29 is 19.7 Å². The average molecular weight is 198 g/mol. The number of hydrogen-bond acceptors (Lipinski definition) is 4. The van der Waals surface area contributed by atoms with E-state index in [0.717, 1.165) is 5.56 Å². The van der Waals surface area contributed by atoms with Crippen molar-refractivity contribution in [2.75, 3.05) is 13.7 Å². The Morgan fingerprint density at radius 3 is 2.43 bits per heavy atom. The first-order valence-corrected chi connectivity index (χ1v) is 4.25. The maximum absolute atomic E-state index is 9.01. The highest BCUT2D eigenvalue weighted by Gasteiger charge is 2.21. The van der Waals surface area contributed by atoms with Crippen molar-refractivity contribution in [1.82, 2.24) is 0 Å². The number of aliphatic hydroxyl groups is 2. The van der Waals surface area contributed by atoms with E-state index in [0.29, 0.717) is 6.61 Å². The molecular formula is C10H14O4. The van der Waals surface area contributed by atoms with Gasteiger partial charge in [0.15, 0.2) is 0 Å². The molecule has 1 rings (SSSR count). The molecule has 0 bridgehead atoms. The van der Waals surface area contributed by atoms with E-state index in [2.05, 4.69) is 4.74 Å². The molecule has 0 radical (unpaired) electrons. The lowest BCUT2D eigenvalue weighted by molar-refractivity contribution is -0.345. The molecule has 0 unspecified atom stereocenters. The Hall–Kier alpha value is -0.940. The molecule has 0 amide bonds. The number of methoxy groups -OCH3 is 1. The molecule has 4 nitrogen and oxygen atoms in total. The van der Waals surface area contributed by atoms with Crippen LogP contribution in [0.15, 0.2) is 30.3 Å². The van der Waals surface area contributed by atoms with Gasteiger partial charge in [0.1, 0.15) is 6.61 Å². The van der Waals surface area contributed by atoms with E-state index in [-0.39, 0.29) is 6.61 Å². The molecule has 4 heteroatoms. The summed E-state index contributed by atoms with van der Waals surface area (Å²) in [6, 6.07) is 9.47. The molecule has 0 fully saturated rings. The molecule has 0 heterocycles. The van der Waals surface area contributed by atoms with E-state index in [4.69, 9.17) is 14.9 Å². The molecule has 0 aliphatic carbocycles. The summed E-state index contributed by atoms with van der Waals surface area (Å²) in [4.78, 5) is 0. The molecule has 0 saturated carbocycles. The van der Waals surface area contributed by atoms with Crippen LogP contribution in [0.2, 0.25) is 0 Å². The molecule has 14 heavy (non-hydrogen) atoms. The lowest BCUT2D eigenvalue weighted by Crippen LogP contribution is -2.36. The van der Waals surface area contributed by atoms with E-state index in [1.54, 1.807) is 0 Å². The fraction of sp³-hybridized carbons (Fsp3) is 0.400. The first-order chi connectivity index (χ1) is 6.64. The van der Waals surface area contributed by atoms with Crippen LogP contribution in [0.3, 0.4) is 0 Å². The Bertz CT molecular complexity index is 258. The molecule has 0 atom stereocenters. The zero-order valence-electron chi connectivity index (χ0n) is 8.01. The molecule has 2 N–H and O–H groups in total. The Kier molecular flexibility index (Phi) is 4.03. The van der Waals surface area contributed by atoms with E-state index >= 15 is 0 Å². The zero-order valence-corrected chi connectivity index (χ0v) is 8.01. The van der Waals surface area contributed by atoms with Crippen molar-refractivity contribution in [3.05, 3.63) is 35.9 Å².